The van der Waals surface area contributed by atoms with E-state index >= 15 is 0 Å². The second kappa shape index (κ2) is 4.96. The lowest BCUT2D eigenvalue weighted by Crippen LogP contribution is -2.42. The van der Waals surface area contributed by atoms with Crippen molar-refractivity contribution in [2.24, 2.45) is 11.1 Å². The van der Waals surface area contributed by atoms with E-state index in [1.165, 1.54) is 19.3 Å². The number of hydrogen-bond donors (Lipinski definition) is 2. The zero-order valence-corrected chi connectivity index (χ0v) is 10.8. The molecule has 0 heterocycles. The summed E-state index contributed by atoms with van der Waals surface area (Å²) in [4.78, 5) is 0. The Hall–Kier alpha value is -1.22. The summed E-state index contributed by atoms with van der Waals surface area (Å²) in [6.07, 6.45) is 3.83. The highest BCUT2D eigenvalue weighted by molar-refractivity contribution is 5.50. The van der Waals surface area contributed by atoms with Crippen LogP contribution in [0.5, 0.6) is 5.75 Å². The van der Waals surface area contributed by atoms with Gasteiger partial charge in [0.05, 0.1) is 7.11 Å². The predicted octanol–water partition coefficient (Wildman–Crippen LogP) is 2.54. The summed E-state index contributed by atoms with van der Waals surface area (Å²) >= 11 is 0. The van der Waals surface area contributed by atoms with Gasteiger partial charge < -0.3 is 15.8 Å². The summed E-state index contributed by atoms with van der Waals surface area (Å²) in [7, 11) is 1.70. The van der Waals surface area contributed by atoms with E-state index in [9.17, 15) is 0 Å². The fraction of sp³-hybridized carbons (Fsp3) is 0.571. The predicted molar refractivity (Wildman–Crippen MR) is 71.6 cm³/mol. The minimum Gasteiger partial charge on any atom is -0.496 e. The molecule has 3 N–H and O–H groups in total. The molecule has 0 unspecified atom stereocenters. The minimum absolute atomic E-state index is 0.341. The maximum absolute atomic E-state index is 5.85. The molecule has 94 valence electrons. The van der Waals surface area contributed by atoms with E-state index in [1.54, 1.807) is 7.11 Å². The number of rotatable bonds is 5. The van der Waals surface area contributed by atoms with Crippen molar-refractivity contribution in [1.82, 2.24) is 0 Å². The Morgan fingerprint density at radius 3 is 2.65 bits per heavy atom. The Morgan fingerprint density at radius 1 is 1.41 bits per heavy atom. The van der Waals surface area contributed by atoms with Gasteiger partial charge in [0.2, 0.25) is 0 Å². The number of benzene rings is 1. The highest BCUT2D eigenvalue weighted by atomic mass is 16.5. The largest absolute Gasteiger partial charge is 0.496 e. The van der Waals surface area contributed by atoms with Gasteiger partial charge in [-0.3, -0.25) is 0 Å². The normalized spacial score (nSPS) is 17.4. The van der Waals surface area contributed by atoms with Gasteiger partial charge in [-0.2, -0.15) is 0 Å². The molecular weight excluding hydrogens is 212 g/mol. The smallest absolute Gasteiger partial charge is 0.121 e. The third kappa shape index (κ3) is 2.55. The van der Waals surface area contributed by atoms with Gasteiger partial charge in [-0.05, 0) is 55.5 Å². The first-order valence-corrected chi connectivity index (χ1v) is 6.28. The zero-order chi connectivity index (χ0) is 12.3. The molecule has 1 aromatic carbocycles. The van der Waals surface area contributed by atoms with Gasteiger partial charge in [0, 0.05) is 12.2 Å². The molecule has 3 heteroatoms. The molecule has 0 spiro atoms. The van der Waals surface area contributed by atoms with Crippen LogP contribution in [-0.4, -0.2) is 20.2 Å². The molecule has 0 aromatic heterocycles. The van der Waals surface area contributed by atoms with Crippen molar-refractivity contribution in [1.29, 1.82) is 0 Å². The highest BCUT2D eigenvalue weighted by Crippen LogP contribution is 2.40. The number of methoxy groups -OCH3 is 1. The van der Waals surface area contributed by atoms with E-state index in [1.807, 2.05) is 6.07 Å². The average molecular weight is 234 g/mol. The fourth-order valence-corrected chi connectivity index (χ4v) is 2.41. The molecule has 0 amide bonds. The highest BCUT2D eigenvalue weighted by Gasteiger charge is 2.35. The number of aryl methyl sites for hydroxylation is 1. The Balaban J connectivity index is 1.97. The Kier molecular flexibility index (Phi) is 3.57. The molecule has 2 rings (SSSR count). The number of nitrogens with one attached hydrogen (secondary N) is 1. The van der Waals surface area contributed by atoms with E-state index in [4.69, 9.17) is 10.5 Å². The van der Waals surface area contributed by atoms with Gasteiger partial charge in [-0.25, -0.2) is 0 Å². The van der Waals surface area contributed by atoms with Gasteiger partial charge >= 0.3 is 0 Å². The standard InChI is InChI=1S/C14H22N2O/c1-11-8-12(4-5-13(11)17-2)16-10-14(9-15)6-3-7-14/h4-5,8,16H,3,6-7,9-10,15H2,1-2H3. The number of ether oxygens (including phenoxy) is 1. The lowest BCUT2D eigenvalue weighted by molar-refractivity contribution is 0.163. The first-order chi connectivity index (χ1) is 8.19. The Labute approximate surface area is 103 Å². The molecule has 0 aliphatic heterocycles. The van der Waals surface area contributed by atoms with Gasteiger partial charge in [0.1, 0.15) is 5.75 Å². The third-order valence-corrected chi connectivity index (χ3v) is 3.91. The molecular formula is C14H22N2O. The number of anilines is 1. The van der Waals surface area contributed by atoms with Gasteiger partial charge in [-0.15, -0.1) is 0 Å². The number of hydrogen-bond acceptors (Lipinski definition) is 3. The molecule has 1 saturated carbocycles. The van der Waals surface area contributed by atoms with Crippen molar-refractivity contribution in [3.05, 3.63) is 23.8 Å². The summed E-state index contributed by atoms with van der Waals surface area (Å²) in [5.74, 6) is 0.938. The summed E-state index contributed by atoms with van der Waals surface area (Å²) < 4.78 is 5.25. The van der Waals surface area contributed by atoms with Gasteiger partial charge in [0.15, 0.2) is 0 Å². The first kappa shape index (κ1) is 12.2. The first-order valence-electron chi connectivity index (χ1n) is 6.28. The van der Waals surface area contributed by atoms with Crippen LogP contribution in [0.25, 0.3) is 0 Å². The summed E-state index contributed by atoms with van der Waals surface area (Å²) in [6, 6.07) is 6.20. The lowest BCUT2D eigenvalue weighted by atomic mass is 9.69. The van der Waals surface area contributed by atoms with Gasteiger partial charge in [0.25, 0.3) is 0 Å². The fourth-order valence-electron chi connectivity index (χ4n) is 2.41. The maximum atomic E-state index is 5.85. The van der Waals surface area contributed by atoms with Crippen molar-refractivity contribution >= 4 is 5.69 Å². The van der Waals surface area contributed by atoms with E-state index in [0.717, 1.165) is 30.1 Å². The lowest BCUT2D eigenvalue weighted by Gasteiger charge is -2.41. The number of nitrogens with two attached hydrogens (primary N) is 1. The Bertz CT molecular complexity index is 380. The van der Waals surface area contributed by atoms with Crippen LogP contribution in [0.3, 0.4) is 0 Å². The molecule has 0 atom stereocenters. The second-order valence-corrected chi connectivity index (χ2v) is 5.10. The summed E-state index contributed by atoms with van der Waals surface area (Å²) in [5.41, 5.74) is 8.51. The second-order valence-electron chi connectivity index (χ2n) is 5.10. The van der Waals surface area contributed by atoms with Crippen LogP contribution in [0.4, 0.5) is 5.69 Å². The molecule has 1 aliphatic rings. The Morgan fingerprint density at radius 2 is 2.18 bits per heavy atom. The quantitative estimate of drug-likeness (QED) is 0.823. The average Bonchev–Trinajstić information content (AvgIpc) is 2.28. The van der Waals surface area contributed by atoms with Crippen molar-refractivity contribution in [3.63, 3.8) is 0 Å². The van der Waals surface area contributed by atoms with E-state index in [2.05, 4.69) is 24.4 Å². The van der Waals surface area contributed by atoms with Crippen molar-refractivity contribution in [3.8, 4) is 5.75 Å². The van der Waals surface area contributed by atoms with Gasteiger partial charge in [-0.1, -0.05) is 6.42 Å². The molecule has 1 aliphatic carbocycles. The topological polar surface area (TPSA) is 47.3 Å². The molecule has 17 heavy (non-hydrogen) atoms. The SMILES string of the molecule is COc1ccc(NCC2(CN)CCC2)cc1C. The van der Waals surface area contributed by atoms with Crippen LogP contribution in [0.1, 0.15) is 24.8 Å². The third-order valence-electron chi connectivity index (χ3n) is 3.91. The maximum Gasteiger partial charge on any atom is 0.121 e. The molecule has 0 radical (unpaired) electrons. The van der Waals surface area contributed by atoms with Crippen LogP contribution < -0.4 is 15.8 Å². The van der Waals surface area contributed by atoms with E-state index in [-0.39, 0.29) is 0 Å². The molecule has 1 aromatic rings. The molecule has 1 fully saturated rings. The van der Waals surface area contributed by atoms with Crippen molar-refractivity contribution in [2.45, 2.75) is 26.2 Å². The molecule has 0 saturated heterocycles. The monoisotopic (exact) mass is 234 g/mol. The zero-order valence-electron chi connectivity index (χ0n) is 10.8. The van der Waals surface area contributed by atoms with E-state index in [0.29, 0.717) is 5.41 Å². The van der Waals surface area contributed by atoms with Crippen LogP contribution in [0, 0.1) is 12.3 Å². The minimum atomic E-state index is 0.341. The van der Waals surface area contributed by atoms with Crippen molar-refractivity contribution < 1.29 is 4.74 Å². The van der Waals surface area contributed by atoms with Crippen LogP contribution in [0.15, 0.2) is 18.2 Å². The van der Waals surface area contributed by atoms with Crippen LogP contribution in [-0.2, 0) is 0 Å². The summed E-state index contributed by atoms with van der Waals surface area (Å²) in [6.45, 7) is 3.83. The van der Waals surface area contributed by atoms with E-state index < -0.39 is 0 Å². The van der Waals surface area contributed by atoms with Crippen LogP contribution >= 0.6 is 0 Å². The molecule has 3 nitrogen and oxygen atoms in total. The summed E-state index contributed by atoms with van der Waals surface area (Å²) in [5, 5.41) is 3.49. The van der Waals surface area contributed by atoms with Crippen molar-refractivity contribution in [2.75, 3.05) is 25.5 Å². The molecule has 0 bridgehead atoms. The van der Waals surface area contributed by atoms with Crippen LogP contribution in [0.2, 0.25) is 0 Å².